The monoisotopic (exact) mass is 250 g/mol. The third kappa shape index (κ3) is 1.51. The molecular formula is C7H4Cl2N2O4. The number of aromatic hydroxyl groups is 1. The molecule has 0 aliphatic carbocycles. The van der Waals surface area contributed by atoms with E-state index in [-0.39, 0.29) is 15.8 Å². The predicted molar refractivity (Wildman–Crippen MR) is 50.6 cm³/mol. The maximum Gasteiger partial charge on any atom is 0.352 e. The van der Waals surface area contributed by atoms with Crippen molar-refractivity contribution in [2.24, 2.45) is 0 Å². The lowest BCUT2D eigenvalue weighted by Gasteiger charge is -2.07. The lowest BCUT2D eigenvalue weighted by molar-refractivity contribution is -0.139. The maximum atomic E-state index is 11.0. The number of hydrogen-bond acceptors (Lipinski definition) is 4. The Kier molecular flexibility index (Phi) is 2.24. The number of ether oxygens (including phenoxy) is 1. The second-order valence-corrected chi connectivity index (χ2v) is 3.57. The fourth-order valence-electron chi connectivity index (χ4n) is 1.19. The molecule has 1 aliphatic rings. The van der Waals surface area contributed by atoms with Gasteiger partial charge in [0.1, 0.15) is 10.7 Å². The molecule has 0 saturated heterocycles. The first kappa shape index (κ1) is 10.1. The topological polar surface area (TPSA) is 95.2 Å². The van der Waals surface area contributed by atoms with E-state index in [0.717, 1.165) is 0 Å². The summed E-state index contributed by atoms with van der Waals surface area (Å²) in [5, 5.41) is 8.94. The van der Waals surface area contributed by atoms with Crippen LogP contribution in [0.25, 0.3) is 0 Å². The van der Waals surface area contributed by atoms with Gasteiger partial charge in [0.15, 0.2) is 6.10 Å². The first-order valence-corrected chi connectivity index (χ1v) is 4.53. The van der Waals surface area contributed by atoms with Gasteiger partial charge in [0.2, 0.25) is 5.88 Å². The second-order valence-electron chi connectivity index (χ2n) is 2.79. The number of esters is 1. The number of H-pyrrole nitrogens is 2. The molecule has 1 aromatic rings. The van der Waals surface area contributed by atoms with Crippen molar-refractivity contribution in [3.63, 3.8) is 0 Å². The van der Waals surface area contributed by atoms with Crippen LogP contribution in [0, 0.1) is 0 Å². The van der Waals surface area contributed by atoms with E-state index in [2.05, 4.69) is 9.97 Å². The van der Waals surface area contributed by atoms with Gasteiger partial charge in [-0.2, -0.15) is 0 Å². The first-order valence-electron chi connectivity index (χ1n) is 3.78. The molecule has 0 saturated carbocycles. The van der Waals surface area contributed by atoms with Crippen molar-refractivity contribution in [2.45, 2.75) is 6.10 Å². The Hall–Kier alpha value is -1.40. The van der Waals surface area contributed by atoms with Crippen molar-refractivity contribution < 1.29 is 14.6 Å². The summed E-state index contributed by atoms with van der Waals surface area (Å²) in [6, 6.07) is 0. The zero-order valence-electron chi connectivity index (χ0n) is 7.01. The summed E-state index contributed by atoms with van der Waals surface area (Å²) in [7, 11) is 0. The van der Waals surface area contributed by atoms with Crippen molar-refractivity contribution in [3.8, 4) is 5.88 Å². The van der Waals surface area contributed by atoms with Crippen molar-refractivity contribution in [1.82, 2.24) is 9.97 Å². The van der Waals surface area contributed by atoms with Crippen LogP contribution in [-0.2, 0) is 9.53 Å². The highest BCUT2D eigenvalue weighted by molar-refractivity contribution is 6.48. The van der Waals surface area contributed by atoms with Gasteiger partial charge in [0, 0.05) is 0 Å². The van der Waals surface area contributed by atoms with Gasteiger partial charge in [-0.15, -0.1) is 0 Å². The number of carbonyl (C=O) groups is 1. The second kappa shape index (κ2) is 3.32. The highest BCUT2D eigenvalue weighted by atomic mass is 35.5. The van der Waals surface area contributed by atoms with E-state index in [1.165, 1.54) is 0 Å². The number of halogens is 2. The third-order valence-corrected chi connectivity index (χ3v) is 2.68. The van der Waals surface area contributed by atoms with Crippen LogP contribution in [0.3, 0.4) is 0 Å². The van der Waals surface area contributed by atoms with E-state index in [1.54, 1.807) is 0 Å². The summed E-state index contributed by atoms with van der Waals surface area (Å²) < 4.78 is 4.74. The quantitative estimate of drug-likeness (QED) is 0.640. The van der Waals surface area contributed by atoms with Gasteiger partial charge >= 0.3 is 11.7 Å². The summed E-state index contributed by atoms with van der Waals surface area (Å²) in [4.78, 5) is 26.1. The Bertz CT molecular complexity index is 515. The van der Waals surface area contributed by atoms with Crippen LogP contribution < -0.4 is 5.69 Å². The minimum Gasteiger partial charge on any atom is -0.493 e. The van der Waals surface area contributed by atoms with E-state index in [4.69, 9.17) is 27.9 Å². The number of hydrogen-bond donors (Lipinski definition) is 3. The lowest BCUT2D eigenvalue weighted by atomic mass is 10.2. The normalized spacial score (nSPS) is 20.9. The van der Waals surface area contributed by atoms with Gasteiger partial charge in [0.05, 0.1) is 5.03 Å². The molecule has 0 spiro atoms. The Morgan fingerprint density at radius 1 is 1.27 bits per heavy atom. The van der Waals surface area contributed by atoms with Gasteiger partial charge in [-0.3, -0.25) is 4.98 Å². The highest BCUT2D eigenvalue weighted by Crippen LogP contribution is 2.40. The van der Waals surface area contributed by atoms with Crippen molar-refractivity contribution in [1.29, 1.82) is 0 Å². The molecule has 2 heterocycles. The van der Waals surface area contributed by atoms with E-state index in [0.29, 0.717) is 0 Å². The summed E-state index contributed by atoms with van der Waals surface area (Å²) in [6.07, 6.45) is -1.06. The largest absolute Gasteiger partial charge is 0.493 e. The van der Waals surface area contributed by atoms with E-state index < -0.39 is 23.6 Å². The molecule has 0 aromatic carbocycles. The van der Waals surface area contributed by atoms with E-state index >= 15 is 0 Å². The number of rotatable bonds is 1. The van der Waals surface area contributed by atoms with Crippen LogP contribution >= 0.6 is 23.2 Å². The van der Waals surface area contributed by atoms with E-state index in [9.17, 15) is 14.7 Å². The van der Waals surface area contributed by atoms with Gasteiger partial charge < -0.3 is 14.8 Å². The molecule has 0 radical (unpaired) electrons. The number of carbonyl (C=O) groups excluding carboxylic acids is 1. The van der Waals surface area contributed by atoms with Gasteiger partial charge in [0.25, 0.3) is 0 Å². The maximum absolute atomic E-state index is 11.0. The molecule has 8 heteroatoms. The smallest absolute Gasteiger partial charge is 0.352 e. The van der Waals surface area contributed by atoms with Gasteiger partial charge in [-0.25, -0.2) is 9.59 Å². The number of aromatic amines is 2. The predicted octanol–water partition coefficient (Wildman–Crippen LogP) is 0.696. The van der Waals surface area contributed by atoms with Crippen LogP contribution in [0.5, 0.6) is 5.88 Å². The van der Waals surface area contributed by atoms with Crippen molar-refractivity contribution >= 4 is 29.2 Å². The lowest BCUT2D eigenvalue weighted by Crippen LogP contribution is -2.06. The van der Waals surface area contributed by atoms with Gasteiger partial charge in [-0.05, 0) is 0 Å². The number of aromatic nitrogens is 2. The Balaban J connectivity index is 2.47. The zero-order chi connectivity index (χ0) is 11.2. The van der Waals surface area contributed by atoms with Crippen LogP contribution in [0.1, 0.15) is 11.8 Å². The third-order valence-electron chi connectivity index (χ3n) is 1.84. The molecule has 0 amide bonds. The molecule has 1 atom stereocenters. The molecule has 80 valence electrons. The van der Waals surface area contributed by atoms with Crippen molar-refractivity contribution in [3.05, 3.63) is 26.2 Å². The number of imidazole rings is 1. The Labute approximate surface area is 92.5 Å². The molecule has 1 aliphatic heterocycles. The van der Waals surface area contributed by atoms with Crippen LogP contribution in [-0.4, -0.2) is 21.0 Å². The first-order chi connectivity index (χ1) is 7.00. The highest BCUT2D eigenvalue weighted by Gasteiger charge is 2.36. The van der Waals surface area contributed by atoms with Crippen molar-refractivity contribution in [2.75, 3.05) is 0 Å². The average molecular weight is 251 g/mol. The molecule has 6 nitrogen and oxygen atoms in total. The summed E-state index contributed by atoms with van der Waals surface area (Å²) in [5.74, 6) is -1.24. The molecule has 2 rings (SSSR count). The average Bonchev–Trinajstić information content (AvgIpc) is 2.61. The standard InChI is InChI=1S/C7H4Cl2N2O4/c8-1-2(9)6(13)15-4(1)3-5(12)11-7(14)10-3/h4,12H,(H2,10,11,14). The van der Waals surface area contributed by atoms with Crippen LogP contribution in [0.15, 0.2) is 14.9 Å². The summed E-state index contributed by atoms with van der Waals surface area (Å²) in [6.45, 7) is 0. The fourth-order valence-corrected chi connectivity index (χ4v) is 1.56. The fraction of sp³-hybridized carbons (Fsp3) is 0.143. The minimum atomic E-state index is -1.06. The Morgan fingerprint density at radius 2 is 1.93 bits per heavy atom. The van der Waals surface area contributed by atoms with E-state index in [1.807, 2.05) is 0 Å². The summed E-state index contributed by atoms with van der Waals surface area (Å²) in [5.41, 5.74) is -0.667. The molecule has 1 unspecified atom stereocenters. The van der Waals surface area contributed by atoms with Crippen LogP contribution in [0.2, 0.25) is 0 Å². The summed E-state index contributed by atoms with van der Waals surface area (Å²) >= 11 is 11.2. The zero-order valence-corrected chi connectivity index (χ0v) is 8.52. The van der Waals surface area contributed by atoms with Crippen LogP contribution in [0.4, 0.5) is 0 Å². The molecule has 0 fully saturated rings. The molecule has 1 aromatic heterocycles. The molecule has 15 heavy (non-hydrogen) atoms. The SMILES string of the molecule is O=C1OC(c2[nH]c(=O)[nH]c2O)C(Cl)=C1Cl. The number of cyclic esters (lactones) is 1. The number of nitrogens with one attached hydrogen (secondary N) is 2. The van der Waals surface area contributed by atoms with Gasteiger partial charge in [-0.1, -0.05) is 23.2 Å². The molecular weight excluding hydrogens is 247 g/mol. The molecule has 3 N–H and O–H groups in total. The molecule has 0 bridgehead atoms. The Morgan fingerprint density at radius 3 is 2.33 bits per heavy atom. The minimum absolute atomic E-state index is 0.0333.